The van der Waals surface area contributed by atoms with Crippen molar-refractivity contribution in [1.29, 1.82) is 0 Å². The number of aromatic nitrogens is 6. The average molecular weight is 448 g/mol. The second-order valence-electron chi connectivity index (χ2n) is 6.97. The maximum Gasteiger partial charge on any atom is 0.427 e. The Balaban J connectivity index is 1.54. The van der Waals surface area contributed by atoms with E-state index in [0.29, 0.717) is 45.5 Å². The molecule has 0 amide bonds. The second kappa shape index (κ2) is 7.15. The van der Waals surface area contributed by atoms with Crippen molar-refractivity contribution in [3.05, 3.63) is 46.3 Å². The molecule has 8 nitrogen and oxygen atoms in total. The van der Waals surface area contributed by atoms with Crippen LogP contribution in [0.2, 0.25) is 0 Å². The Kier molecular flexibility index (Phi) is 4.54. The van der Waals surface area contributed by atoms with E-state index in [2.05, 4.69) is 25.0 Å². The molecule has 0 aromatic carbocycles. The van der Waals surface area contributed by atoms with Gasteiger partial charge < -0.3 is 9.47 Å². The van der Waals surface area contributed by atoms with Crippen LogP contribution in [0.15, 0.2) is 30.9 Å². The molecule has 0 bridgehead atoms. The van der Waals surface area contributed by atoms with E-state index in [1.54, 1.807) is 23.1 Å². The molecule has 0 unspecified atom stereocenters. The van der Waals surface area contributed by atoms with Gasteiger partial charge in [0.2, 0.25) is 5.88 Å². The molecule has 12 heteroatoms. The Morgan fingerprint density at radius 3 is 2.65 bits per heavy atom. The van der Waals surface area contributed by atoms with E-state index < -0.39 is 11.1 Å². The van der Waals surface area contributed by atoms with Crippen molar-refractivity contribution in [3.63, 3.8) is 0 Å². The van der Waals surface area contributed by atoms with Crippen molar-refractivity contribution in [1.82, 2.24) is 29.5 Å². The van der Waals surface area contributed by atoms with Crippen LogP contribution in [-0.2, 0) is 6.18 Å². The third kappa shape index (κ3) is 3.46. The SMILES string of the molecule is COc1ncc(-c2cc([C@H]3C[C@@H]3c3ncc(C(F)(F)F)s3)c3nccn3n2)c(OC)n1. The number of fused-ring (bicyclic) bond motifs is 1. The fraction of sp³-hybridized carbons (Fsp3) is 0.316. The topological polar surface area (TPSA) is 87.3 Å². The molecule has 5 rings (SSSR count). The Labute approximate surface area is 177 Å². The van der Waals surface area contributed by atoms with Crippen molar-refractivity contribution >= 4 is 17.0 Å². The van der Waals surface area contributed by atoms with E-state index in [1.165, 1.54) is 14.2 Å². The molecular formula is C19H15F3N6O2S. The summed E-state index contributed by atoms with van der Waals surface area (Å²) in [6.45, 7) is 0. The highest BCUT2D eigenvalue weighted by molar-refractivity contribution is 7.11. The largest absolute Gasteiger partial charge is 0.480 e. The third-order valence-electron chi connectivity index (χ3n) is 5.08. The van der Waals surface area contributed by atoms with Crippen molar-refractivity contribution in [3.8, 4) is 23.1 Å². The van der Waals surface area contributed by atoms with Crippen LogP contribution in [0.5, 0.6) is 11.9 Å². The van der Waals surface area contributed by atoms with Crippen molar-refractivity contribution in [2.75, 3.05) is 14.2 Å². The average Bonchev–Trinajstić information content (AvgIpc) is 3.15. The first-order chi connectivity index (χ1) is 14.9. The summed E-state index contributed by atoms with van der Waals surface area (Å²) in [4.78, 5) is 16.0. The highest BCUT2D eigenvalue weighted by atomic mass is 32.1. The summed E-state index contributed by atoms with van der Waals surface area (Å²) in [6, 6.07) is 2.02. The van der Waals surface area contributed by atoms with Crippen LogP contribution in [0, 0.1) is 0 Å². The molecule has 4 heterocycles. The van der Waals surface area contributed by atoms with E-state index >= 15 is 0 Å². The molecule has 0 radical (unpaired) electrons. The van der Waals surface area contributed by atoms with Crippen molar-refractivity contribution < 1.29 is 22.6 Å². The number of nitrogens with zero attached hydrogens (tertiary/aromatic N) is 6. The van der Waals surface area contributed by atoms with Gasteiger partial charge in [-0.15, -0.1) is 11.3 Å². The lowest BCUT2D eigenvalue weighted by atomic mass is 10.1. The minimum Gasteiger partial charge on any atom is -0.480 e. The smallest absolute Gasteiger partial charge is 0.427 e. The lowest BCUT2D eigenvalue weighted by molar-refractivity contribution is -0.134. The Hall–Kier alpha value is -3.28. The Bertz CT molecular complexity index is 1270. The molecule has 0 spiro atoms. The summed E-state index contributed by atoms with van der Waals surface area (Å²) in [7, 11) is 2.94. The van der Waals surface area contributed by atoms with Gasteiger partial charge in [0.1, 0.15) is 4.88 Å². The number of methoxy groups -OCH3 is 2. The van der Waals surface area contributed by atoms with Crippen molar-refractivity contribution in [2.45, 2.75) is 24.4 Å². The number of hydrogen-bond acceptors (Lipinski definition) is 8. The zero-order valence-electron chi connectivity index (χ0n) is 16.3. The monoisotopic (exact) mass is 448 g/mol. The molecule has 4 aromatic heterocycles. The molecule has 0 N–H and O–H groups in total. The van der Waals surface area contributed by atoms with Crippen LogP contribution in [0.4, 0.5) is 13.2 Å². The van der Waals surface area contributed by atoms with Crippen molar-refractivity contribution in [2.24, 2.45) is 0 Å². The number of rotatable bonds is 5. The highest BCUT2D eigenvalue weighted by Crippen LogP contribution is 2.57. The summed E-state index contributed by atoms with van der Waals surface area (Å²) >= 11 is 0.694. The molecule has 160 valence electrons. The molecule has 1 saturated carbocycles. The first-order valence-electron chi connectivity index (χ1n) is 9.21. The van der Waals surface area contributed by atoms with Gasteiger partial charge >= 0.3 is 12.2 Å². The molecular weight excluding hydrogens is 433 g/mol. The lowest BCUT2D eigenvalue weighted by Crippen LogP contribution is -2.02. The molecule has 1 aliphatic rings. The number of ether oxygens (including phenoxy) is 2. The van der Waals surface area contributed by atoms with Crippen LogP contribution in [0.3, 0.4) is 0 Å². The molecule has 31 heavy (non-hydrogen) atoms. The van der Waals surface area contributed by atoms with Gasteiger partial charge in [-0.2, -0.15) is 23.3 Å². The van der Waals surface area contributed by atoms with Crippen LogP contribution < -0.4 is 9.47 Å². The normalized spacial score (nSPS) is 18.4. The van der Waals surface area contributed by atoms with Gasteiger partial charge in [0.05, 0.1) is 36.7 Å². The molecule has 2 atom stereocenters. The van der Waals surface area contributed by atoms with Crippen LogP contribution >= 0.6 is 11.3 Å². The fourth-order valence-corrected chi connectivity index (χ4v) is 4.49. The summed E-state index contributed by atoms with van der Waals surface area (Å²) in [5.41, 5.74) is 2.64. The zero-order valence-corrected chi connectivity index (χ0v) is 17.1. The first kappa shape index (κ1) is 19.7. The minimum atomic E-state index is -4.38. The zero-order chi connectivity index (χ0) is 21.8. The predicted octanol–water partition coefficient (Wildman–Crippen LogP) is 3.95. The summed E-state index contributed by atoms with van der Waals surface area (Å²) < 4.78 is 50.9. The van der Waals surface area contributed by atoms with E-state index in [0.717, 1.165) is 11.8 Å². The number of alkyl halides is 3. The summed E-state index contributed by atoms with van der Waals surface area (Å²) in [6.07, 6.45) is 2.10. The summed E-state index contributed by atoms with van der Waals surface area (Å²) in [5, 5.41) is 5.04. The van der Waals surface area contributed by atoms with Gasteiger partial charge in [0, 0.05) is 30.1 Å². The Morgan fingerprint density at radius 2 is 1.94 bits per heavy atom. The van der Waals surface area contributed by atoms with E-state index in [9.17, 15) is 13.2 Å². The van der Waals surface area contributed by atoms with Gasteiger partial charge in [-0.3, -0.25) is 0 Å². The molecule has 0 saturated heterocycles. The minimum absolute atomic E-state index is 0.0101. The van der Waals surface area contributed by atoms with Crippen LogP contribution in [0.25, 0.3) is 16.9 Å². The second-order valence-corrected chi connectivity index (χ2v) is 8.03. The van der Waals surface area contributed by atoms with Gasteiger partial charge in [-0.1, -0.05) is 0 Å². The summed E-state index contributed by atoms with van der Waals surface area (Å²) in [5.74, 6) is 0.196. The first-order valence-corrected chi connectivity index (χ1v) is 10.0. The molecule has 4 aromatic rings. The maximum atomic E-state index is 13.0. The highest BCUT2D eigenvalue weighted by Gasteiger charge is 2.45. The molecule has 0 aliphatic heterocycles. The fourth-order valence-electron chi connectivity index (χ4n) is 3.53. The number of imidazole rings is 1. The molecule has 1 aliphatic carbocycles. The quantitative estimate of drug-likeness (QED) is 0.457. The van der Waals surface area contributed by atoms with Gasteiger partial charge in [0.25, 0.3) is 0 Å². The lowest BCUT2D eigenvalue weighted by Gasteiger charge is -2.10. The van der Waals surface area contributed by atoms with Crippen LogP contribution in [0.1, 0.15) is 33.7 Å². The Morgan fingerprint density at radius 1 is 1.10 bits per heavy atom. The third-order valence-corrected chi connectivity index (χ3v) is 6.26. The van der Waals surface area contributed by atoms with Gasteiger partial charge in [-0.25, -0.2) is 19.5 Å². The standard InChI is InChI=1S/C19H15F3N6O2S/c1-29-16-12(7-25-18(26-16)30-2)13-6-10(15-23-3-4-28(15)27-13)9-5-11(9)17-24-8-14(31-17)19(20,21)22/h3-4,6-9,11H,5H2,1-2H3/t9-,11+/m1/s1. The van der Waals surface area contributed by atoms with Crippen LogP contribution in [-0.4, -0.2) is 43.8 Å². The number of halogens is 3. The number of hydrogen-bond donors (Lipinski definition) is 0. The predicted molar refractivity (Wildman–Crippen MR) is 104 cm³/mol. The van der Waals surface area contributed by atoms with Gasteiger partial charge in [0.15, 0.2) is 5.65 Å². The molecule has 1 fully saturated rings. The van der Waals surface area contributed by atoms with E-state index in [-0.39, 0.29) is 17.8 Å². The number of thiazole rings is 1. The van der Waals surface area contributed by atoms with E-state index in [4.69, 9.17) is 9.47 Å². The van der Waals surface area contributed by atoms with Gasteiger partial charge in [-0.05, 0) is 18.4 Å². The van der Waals surface area contributed by atoms with E-state index in [1.807, 2.05) is 6.07 Å². The maximum absolute atomic E-state index is 13.0.